The Morgan fingerprint density at radius 1 is 1.29 bits per heavy atom. The van der Waals surface area contributed by atoms with E-state index in [1.807, 2.05) is 0 Å². The largest absolute Gasteiger partial charge is 0.298 e. The first-order valence-electron chi connectivity index (χ1n) is 4.30. The number of carbonyl (C=O) groups excluding carboxylic acids is 3. The van der Waals surface area contributed by atoms with E-state index in [9.17, 15) is 23.2 Å². The molecule has 1 aliphatic rings. The number of carbonyl (C=O) groups is 3. The first kappa shape index (κ1) is 10.9. The molecule has 3 nitrogen and oxygen atoms in total. The van der Waals surface area contributed by atoms with Crippen LogP contribution in [0, 0.1) is 11.8 Å². The first-order chi connectivity index (χ1) is 6.43. The summed E-state index contributed by atoms with van der Waals surface area (Å²) in [6, 6.07) is 0. The molecule has 5 heteroatoms. The van der Waals surface area contributed by atoms with Gasteiger partial charge in [-0.3, -0.25) is 14.4 Å². The van der Waals surface area contributed by atoms with Gasteiger partial charge in [-0.25, -0.2) is 8.78 Å². The molecule has 0 amide bonds. The molecule has 1 fully saturated rings. The van der Waals surface area contributed by atoms with E-state index in [4.69, 9.17) is 0 Å². The summed E-state index contributed by atoms with van der Waals surface area (Å²) >= 11 is 0. The standard InChI is InChI=1S/C9H10F2O3/c1-4-2-5(12)7(6(13)3-4)8(14)9(10)11/h4,7,9H,2-3H2,1H3. The van der Waals surface area contributed by atoms with Gasteiger partial charge in [-0.1, -0.05) is 6.92 Å². The summed E-state index contributed by atoms with van der Waals surface area (Å²) in [6.07, 6.45) is -3.16. The summed E-state index contributed by atoms with van der Waals surface area (Å²) in [6.45, 7) is 1.68. The molecule has 0 saturated heterocycles. The molecule has 0 aliphatic heterocycles. The van der Waals surface area contributed by atoms with Gasteiger partial charge in [0.2, 0.25) is 5.78 Å². The number of hydrogen-bond acceptors (Lipinski definition) is 3. The van der Waals surface area contributed by atoms with Crippen LogP contribution < -0.4 is 0 Å². The van der Waals surface area contributed by atoms with Crippen LogP contribution in [0.5, 0.6) is 0 Å². The predicted octanol–water partition coefficient (Wildman–Crippen LogP) is 1.00. The molecule has 1 aliphatic carbocycles. The van der Waals surface area contributed by atoms with E-state index in [0.29, 0.717) is 0 Å². The summed E-state index contributed by atoms with van der Waals surface area (Å²) in [7, 11) is 0. The molecular weight excluding hydrogens is 194 g/mol. The highest BCUT2D eigenvalue weighted by molar-refractivity contribution is 6.21. The third-order valence-electron chi connectivity index (χ3n) is 2.24. The Kier molecular flexibility index (Phi) is 3.08. The maximum absolute atomic E-state index is 12.0. The van der Waals surface area contributed by atoms with Crippen LogP contribution in [0.3, 0.4) is 0 Å². The van der Waals surface area contributed by atoms with Crippen molar-refractivity contribution in [3.63, 3.8) is 0 Å². The third-order valence-corrected chi connectivity index (χ3v) is 2.24. The minimum Gasteiger partial charge on any atom is -0.298 e. The zero-order valence-corrected chi connectivity index (χ0v) is 7.63. The molecule has 78 valence electrons. The van der Waals surface area contributed by atoms with Crippen molar-refractivity contribution in [1.29, 1.82) is 0 Å². The molecule has 0 spiro atoms. The summed E-state index contributed by atoms with van der Waals surface area (Å²) < 4.78 is 24.0. The Balaban J connectivity index is 2.83. The third kappa shape index (κ3) is 2.02. The Morgan fingerprint density at radius 2 is 1.71 bits per heavy atom. The monoisotopic (exact) mass is 204 g/mol. The highest BCUT2D eigenvalue weighted by Gasteiger charge is 2.41. The normalized spacial score (nSPS) is 28.3. The average molecular weight is 204 g/mol. The summed E-state index contributed by atoms with van der Waals surface area (Å²) in [5.41, 5.74) is 0. The minimum atomic E-state index is -3.23. The molecule has 0 aromatic carbocycles. The van der Waals surface area contributed by atoms with E-state index in [-0.39, 0.29) is 18.8 Å². The number of alkyl halides is 2. The Hall–Kier alpha value is -1.13. The molecule has 0 atom stereocenters. The van der Waals surface area contributed by atoms with E-state index >= 15 is 0 Å². The van der Waals surface area contributed by atoms with Crippen LogP contribution >= 0.6 is 0 Å². The Bertz CT molecular complexity index is 268. The lowest BCUT2D eigenvalue weighted by atomic mass is 9.79. The SMILES string of the molecule is CC1CC(=O)C(C(=O)C(F)F)C(=O)C1. The number of Topliss-reactive ketones (excluding diaryl/α,β-unsaturated/α-hetero) is 3. The van der Waals surface area contributed by atoms with E-state index in [2.05, 4.69) is 0 Å². The highest BCUT2D eigenvalue weighted by Crippen LogP contribution is 2.24. The van der Waals surface area contributed by atoms with Gasteiger partial charge in [0.1, 0.15) is 5.92 Å². The van der Waals surface area contributed by atoms with Crippen LogP contribution in [-0.4, -0.2) is 23.8 Å². The molecule has 0 unspecified atom stereocenters. The van der Waals surface area contributed by atoms with E-state index in [0.717, 1.165) is 0 Å². The smallest absolute Gasteiger partial charge is 0.297 e. The molecule has 0 aromatic rings. The van der Waals surface area contributed by atoms with Gasteiger partial charge in [0.05, 0.1) is 0 Å². The van der Waals surface area contributed by atoms with Crippen molar-refractivity contribution in [2.75, 3.05) is 0 Å². The zero-order chi connectivity index (χ0) is 10.9. The second-order valence-corrected chi connectivity index (χ2v) is 3.58. The van der Waals surface area contributed by atoms with Gasteiger partial charge < -0.3 is 0 Å². The van der Waals surface area contributed by atoms with Gasteiger partial charge in [0.15, 0.2) is 11.6 Å². The first-order valence-corrected chi connectivity index (χ1v) is 4.30. The summed E-state index contributed by atoms with van der Waals surface area (Å²) in [5.74, 6) is -4.73. The van der Waals surface area contributed by atoms with Gasteiger partial charge in [-0.05, 0) is 5.92 Å². The summed E-state index contributed by atoms with van der Waals surface area (Å²) in [4.78, 5) is 33.2. The molecule has 0 bridgehead atoms. The van der Waals surface area contributed by atoms with Crippen LogP contribution in [0.4, 0.5) is 8.78 Å². The van der Waals surface area contributed by atoms with Gasteiger partial charge in [0.25, 0.3) is 6.43 Å². The van der Waals surface area contributed by atoms with Crippen LogP contribution in [-0.2, 0) is 14.4 Å². The summed E-state index contributed by atoms with van der Waals surface area (Å²) in [5, 5.41) is 0. The molecule has 0 N–H and O–H groups in total. The van der Waals surface area contributed by atoms with Crippen molar-refractivity contribution in [2.24, 2.45) is 11.8 Å². The van der Waals surface area contributed by atoms with Crippen LogP contribution in [0.15, 0.2) is 0 Å². The average Bonchev–Trinajstić information content (AvgIpc) is 2.01. The maximum atomic E-state index is 12.0. The van der Waals surface area contributed by atoms with Crippen molar-refractivity contribution in [3.8, 4) is 0 Å². The van der Waals surface area contributed by atoms with Crippen molar-refractivity contribution in [1.82, 2.24) is 0 Å². The lowest BCUT2D eigenvalue weighted by Gasteiger charge is -2.22. The quantitative estimate of drug-likeness (QED) is 0.630. The molecule has 14 heavy (non-hydrogen) atoms. The Labute approximate surface area is 79.5 Å². The molecule has 0 aromatic heterocycles. The maximum Gasteiger partial charge on any atom is 0.297 e. The molecule has 1 rings (SSSR count). The second kappa shape index (κ2) is 3.94. The second-order valence-electron chi connectivity index (χ2n) is 3.58. The zero-order valence-electron chi connectivity index (χ0n) is 7.63. The molecule has 0 radical (unpaired) electrons. The molecule has 1 saturated carbocycles. The van der Waals surface area contributed by atoms with Crippen molar-refractivity contribution >= 4 is 17.3 Å². The van der Waals surface area contributed by atoms with Gasteiger partial charge in [0, 0.05) is 12.8 Å². The number of ketones is 3. The predicted molar refractivity (Wildman–Crippen MR) is 42.9 cm³/mol. The molecule has 0 heterocycles. The van der Waals surface area contributed by atoms with Crippen LogP contribution in [0.2, 0.25) is 0 Å². The minimum absolute atomic E-state index is 0.0366. The van der Waals surface area contributed by atoms with E-state index in [1.54, 1.807) is 6.92 Å². The number of rotatable bonds is 2. The number of hydrogen-bond donors (Lipinski definition) is 0. The molecular formula is C9H10F2O3. The topological polar surface area (TPSA) is 51.2 Å². The van der Waals surface area contributed by atoms with E-state index < -0.39 is 29.7 Å². The fraction of sp³-hybridized carbons (Fsp3) is 0.667. The van der Waals surface area contributed by atoms with Crippen molar-refractivity contribution in [2.45, 2.75) is 26.2 Å². The number of halogens is 2. The van der Waals surface area contributed by atoms with Crippen LogP contribution in [0.25, 0.3) is 0 Å². The van der Waals surface area contributed by atoms with E-state index in [1.165, 1.54) is 0 Å². The lowest BCUT2D eigenvalue weighted by molar-refractivity contribution is -0.148. The van der Waals surface area contributed by atoms with Crippen LogP contribution in [0.1, 0.15) is 19.8 Å². The Morgan fingerprint density at radius 3 is 2.07 bits per heavy atom. The fourth-order valence-electron chi connectivity index (χ4n) is 1.62. The highest BCUT2D eigenvalue weighted by atomic mass is 19.3. The fourth-order valence-corrected chi connectivity index (χ4v) is 1.62. The van der Waals surface area contributed by atoms with Gasteiger partial charge in [-0.2, -0.15) is 0 Å². The van der Waals surface area contributed by atoms with Gasteiger partial charge in [-0.15, -0.1) is 0 Å². The van der Waals surface area contributed by atoms with Gasteiger partial charge >= 0.3 is 0 Å². The van der Waals surface area contributed by atoms with Crippen molar-refractivity contribution in [3.05, 3.63) is 0 Å². The van der Waals surface area contributed by atoms with Crippen molar-refractivity contribution < 1.29 is 23.2 Å². The lowest BCUT2D eigenvalue weighted by Crippen LogP contribution is -2.40.